The number of esters is 1. The van der Waals surface area contributed by atoms with Gasteiger partial charge in [0.2, 0.25) is 5.28 Å². The molecule has 0 atom stereocenters. The summed E-state index contributed by atoms with van der Waals surface area (Å²) >= 11 is 5.71. The first-order valence-electron chi connectivity index (χ1n) is 5.06. The number of halogens is 1. The Labute approximate surface area is 98.2 Å². The highest BCUT2D eigenvalue weighted by atomic mass is 35.5. The average molecular weight is 242 g/mol. The fourth-order valence-electron chi connectivity index (χ4n) is 1.29. The second kappa shape index (κ2) is 4.65. The summed E-state index contributed by atoms with van der Waals surface area (Å²) in [4.78, 5) is 19.0. The molecule has 1 fully saturated rings. The Balaban J connectivity index is 2.10. The van der Waals surface area contributed by atoms with Crippen LogP contribution < -0.4 is 5.32 Å². The van der Waals surface area contributed by atoms with Gasteiger partial charge in [-0.25, -0.2) is 14.8 Å². The summed E-state index contributed by atoms with van der Waals surface area (Å²) in [6.07, 6.45) is 2.49. The van der Waals surface area contributed by atoms with Crippen LogP contribution in [0.2, 0.25) is 5.28 Å². The van der Waals surface area contributed by atoms with Gasteiger partial charge >= 0.3 is 5.97 Å². The quantitative estimate of drug-likeness (QED) is 0.643. The number of carbonyl (C=O) groups excluding carboxylic acids is 1. The van der Waals surface area contributed by atoms with Gasteiger partial charge in [-0.15, -0.1) is 0 Å². The lowest BCUT2D eigenvalue weighted by molar-refractivity contribution is 0.0594. The lowest BCUT2D eigenvalue weighted by atomic mass is 10.3. The minimum absolute atomic E-state index is 0.0428. The molecule has 0 aliphatic heterocycles. The predicted octanol–water partition coefficient (Wildman–Crippen LogP) is 1.74. The van der Waals surface area contributed by atoms with E-state index in [2.05, 4.69) is 20.0 Å². The topological polar surface area (TPSA) is 64.1 Å². The number of nitrogens with one attached hydrogen (secondary N) is 1. The summed E-state index contributed by atoms with van der Waals surface area (Å²) in [5, 5.41) is 3.17. The van der Waals surface area contributed by atoms with Crippen molar-refractivity contribution in [3.8, 4) is 0 Å². The second-order valence-corrected chi connectivity index (χ2v) is 4.06. The molecule has 0 amide bonds. The Hall–Kier alpha value is -1.36. The summed E-state index contributed by atoms with van der Waals surface area (Å²) in [7, 11) is 1.30. The number of ether oxygens (including phenoxy) is 1. The standard InChI is InChI=1S/C10H12ClN3O2/c1-16-9(15)7-4-8(14-10(11)13-7)12-5-6-2-3-6/h4,6H,2-3,5H2,1H3,(H,12,13,14). The highest BCUT2D eigenvalue weighted by molar-refractivity contribution is 6.28. The number of anilines is 1. The largest absolute Gasteiger partial charge is 0.464 e. The van der Waals surface area contributed by atoms with Crippen LogP contribution in [0.5, 0.6) is 0 Å². The fraction of sp³-hybridized carbons (Fsp3) is 0.500. The first-order valence-corrected chi connectivity index (χ1v) is 5.43. The van der Waals surface area contributed by atoms with E-state index in [1.165, 1.54) is 20.0 Å². The van der Waals surface area contributed by atoms with Gasteiger partial charge in [-0.2, -0.15) is 0 Å². The summed E-state index contributed by atoms with van der Waals surface area (Å²) in [6.45, 7) is 0.855. The van der Waals surface area contributed by atoms with Crippen LogP contribution in [0.25, 0.3) is 0 Å². The molecule has 1 heterocycles. The van der Waals surface area contributed by atoms with Crippen molar-refractivity contribution in [2.75, 3.05) is 19.0 Å². The van der Waals surface area contributed by atoms with Gasteiger partial charge in [0, 0.05) is 12.6 Å². The van der Waals surface area contributed by atoms with Gasteiger partial charge in [0.05, 0.1) is 7.11 Å². The first kappa shape index (κ1) is 11.1. The summed E-state index contributed by atoms with van der Waals surface area (Å²) < 4.78 is 4.57. The lowest BCUT2D eigenvalue weighted by Crippen LogP contribution is -2.10. The van der Waals surface area contributed by atoms with E-state index in [0.29, 0.717) is 5.82 Å². The maximum atomic E-state index is 11.3. The molecule has 86 valence electrons. The van der Waals surface area contributed by atoms with Crippen LogP contribution in [-0.2, 0) is 4.74 Å². The van der Waals surface area contributed by atoms with Crippen molar-refractivity contribution in [2.45, 2.75) is 12.8 Å². The molecule has 0 aromatic carbocycles. The van der Waals surface area contributed by atoms with Gasteiger partial charge in [0.1, 0.15) is 5.82 Å². The number of methoxy groups -OCH3 is 1. The highest BCUT2D eigenvalue weighted by Gasteiger charge is 2.21. The van der Waals surface area contributed by atoms with Crippen LogP contribution in [0.3, 0.4) is 0 Å². The molecular weight excluding hydrogens is 230 g/mol. The molecule has 0 saturated heterocycles. The van der Waals surface area contributed by atoms with Gasteiger partial charge < -0.3 is 10.1 Å². The zero-order valence-corrected chi connectivity index (χ0v) is 9.62. The predicted molar refractivity (Wildman–Crippen MR) is 59.6 cm³/mol. The maximum absolute atomic E-state index is 11.3. The number of rotatable bonds is 4. The van der Waals surface area contributed by atoms with Crippen LogP contribution in [0, 0.1) is 5.92 Å². The van der Waals surface area contributed by atoms with Gasteiger partial charge in [-0.3, -0.25) is 0 Å². The van der Waals surface area contributed by atoms with Crippen molar-refractivity contribution in [1.29, 1.82) is 0 Å². The Morgan fingerprint density at radius 2 is 2.38 bits per heavy atom. The number of hydrogen-bond donors (Lipinski definition) is 1. The van der Waals surface area contributed by atoms with Crippen LogP contribution in [0.15, 0.2) is 6.07 Å². The number of carbonyl (C=O) groups is 1. The Morgan fingerprint density at radius 3 is 3.00 bits per heavy atom. The van der Waals surface area contributed by atoms with E-state index in [1.54, 1.807) is 6.07 Å². The van der Waals surface area contributed by atoms with Crippen molar-refractivity contribution >= 4 is 23.4 Å². The number of aromatic nitrogens is 2. The van der Waals surface area contributed by atoms with E-state index >= 15 is 0 Å². The Bertz CT molecular complexity index is 407. The molecule has 16 heavy (non-hydrogen) atoms. The molecule has 0 radical (unpaired) electrons. The van der Waals surface area contributed by atoms with Crippen molar-refractivity contribution < 1.29 is 9.53 Å². The molecule has 0 unspecified atom stereocenters. The van der Waals surface area contributed by atoms with E-state index in [4.69, 9.17) is 11.6 Å². The molecule has 1 aliphatic rings. The van der Waals surface area contributed by atoms with Crippen LogP contribution in [-0.4, -0.2) is 29.6 Å². The Morgan fingerprint density at radius 1 is 1.62 bits per heavy atom. The normalized spacial score (nSPS) is 14.6. The summed E-state index contributed by atoms with van der Waals surface area (Å²) in [5.41, 5.74) is 0.167. The van der Waals surface area contributed by atoms with Crippen molar-refractivity contribution in [3.63, 3.8) is 0 Å². The third-order valence-electron chi connectivity index (χ3n) is 2.36. The van der Waals surface area contributed by atoms with Crippen LogP contribution in [0.1, 0.15) is 23.3 Å². The average Bonchev–Trinajstić information content (AvgIpc) is 3.08. The van der Waals surface area contributed by atoms with Gasteiger partial charge in [-0.1, -0.05) is 0 Å². The number of hydrogen-bond acceptors (Lipinski definition) is 5. The van der Waals surface area contributed by atoms with Gasteiger partial charge in [0.25, 0.3) is 0 Å². The van der Waals surface area contributed by atoms with Gasteiger partial charge in [-0.05, 0) is 30.4 Å². The zero-order chi connectivity index (χ0) is 11.5. The minimum Gasteiger partial charge on any atom is -0.464 e. The monoisotopic (exact) mass is 241 g/mol. The van der Waals surface area contributed by atoms with E-state index in [-0.39, 0.29) is 11.0 Å². The van der Waals surface area contributed by atoms with E-state index < -0.39 is 5.97 Å². The van der Waals surface area contributed by atoms with Crippen molar-refractivity contribution in [1.82, 2.24) is 9.97 Å². The molecule has 1 saturated carbocycles. The highest BCUT2D eigenvalue weighted by Crippen LogP contribution is 2.28. The van der Waals surface area contributed by atoms with Crippen molar-refractivity contribution in [2.24, 2.45) is 5.92 Å². The van der Waals surface area contributed by atoms with E-state index in [9.17, 15) is 4.79 Å². The minimum atomic E-state index is -0.515. The second-order valence-electron chi connectivity index (χ2n) is 3.72. The lowest BCUT2D eigenvalue weighted by Gasteiger charge is -2.06. The smallest absolute Gasteiger partial charge is 0.356 e. The van der Waals surface area contributed by atoms with Crippen LogP contribution >= 0.6 is 11.6 Å². The Kier molecular flexibility index (Phi) is 3.24. The third kappa shape index (κ3) is 2.82. The van der Waals surface area contributed by atoms with Gasteiger partial charge in [0.15, 0.2) is 5.69 Å². The zero-order valence-electron chi connectivity index (χ0n) is 8.86. The molecule has 1 aromatic rings. The molecule has 6 heteroatoms. The molecule has 1 aliphatic carbocycles. The summed E-state index contributed by atoms with van der Waals surface area (Å²) in [6, 6.07) is 1.54. The van der Waals surface area contributed by atoms with E-state index in [0.717, 1.165) is 12.5 Å². The summed E-state index contributed by atoms with van der Waals surface area (Å²) in [5.74, 6) is 0.765. The van der Waals surface area contributed by atoms with E-state index in [1.807, 2.05) is 0 Å². The molecule has 2 rings (SSSR count). The molecule has 1 N–H and O–H groups in total. The fourth-order valence-corrected chi connectivity index (χ4v) is 1.47. The van der Waals surface area contributed by atoms with Crippen molar-refractivity contribution in [3.05, 3.63) is 17.0 Å². The van der Waals surface area contributed by atoms with Crippen LogP contribution in [0.4, 0.5) is 5.82 Å². The first-order chi connectivity index (χ1) is 7.69. The molecular formula is C10H12ClN3O2. The molecule has 5 nitrogen and oxygen atoms in total. The molecule has 1 aromatic heterocycles. The number of nitrogens with zero attached hydrogens (tertiary/aromatic N) is 2. The maximum Gasteiger partial charge on any atom is 0.356 e. The molecule has 0 spiro atoms. The molecule has 0 bridgehead atoms. The SMILES string of the molecule is COC(=O)c1cc(NCC2CC2)nc(Cl)n1. The third-order valence-corrected chi connectivity index (χ3v) is 2.53.